The number of likely N-dealkylation sites (N-methyl/N-ethyl adjacent to an activating group) is 1. The Bertz CT molecular complexity index is 610. The summed E-state index contributed by atoms with van der Waals surface area (Å²) >= 11 is 0. The van der Waals surface area contributed by atoms with Gasteiger partial charge in [0.1, 0.15) is 12.4 Å². The number of ketones is 1. The molecule has 7 heteroatoms. The summed E-state index contributed by atoms with van der Waals surface area (Å²) in [6.45, 7) is 8.71. The largest absolute Gasteiger partial charge is 0.491 e. The molecule has 0 aliphatic carbocycles. The molecule has 0 unspecified atom stereocenters. The van der Waals surface area contributed by atoms with Crippen LogP contribution in [-0.2, 0) is 10.0 Å². The van der Waals surface area contributed by atoms with Crippen LogP contribution in [0.5, 0.6) is 5.75 Å². The molecule has 0 saturated heterocycles. The lowest BCUT2D eigenvalue weighted by Gasteiger charge is -2.19. The van der Waals surface area contributed by atoms with E-state index in [0.717, 1.165) is 25.9 Å². The zero-order valence-electron chi connectivity index (χ0n) is 13.5. The fourth-order valence-corrected chi connectivity index (χ4v) is 2.59. The summed E-state index contributed by atoms with van der Waals surface area (Å²) in [7, 11) is -3.38. The number of carbonyl (C=O) groups excluding carboxylic acids is 1. The third-order valence-corrected chi connectivity index (χ3v) is 3.83. The van der Waals surface area contributed by atoms with E-state index in [0.29, 0.717) is 23.6 Å². The maximum Gasteiger partial charge on any atom is 0.229 e. The van der Waals surface area contributed by atoms with Crippen LogP contribution in [0, 0.1) is 0 Å². The van der Waals surface area contributed by atoms with Crippen LogP contribution < -0.4 is 9.46 Å². The first-order valence-corrected chi connectivity index (χ1v) is 9.13. The van der Waals surface area contributed by atoms with E-state index in [-0.39, 0.29) is 5.78 Å². The third-order valence-electron chi connectivity index (χ3n) is 3.22. The van der Waals surface area contributed by atoms with Crippen LogP contribution in [-0.4, -0.2) is 51.6 Å². The van der Waals surface area contributed by atoms with Crippen molar-refractivity contribution in [3.05, 3.63) is 23.8 Å². The van der Waals surface area contributed by atoms with Gasteiger partial charge in [-0.15, -0.1) is 0 Å². The molecular weight excluding hydrogens is 304 g/mol. The molecular formula is C15H24N2O4S. The van der Waals surface area contributed by atoms with Gasteiger partial charge >= 0.3 is 0 Å². The van der Waals surface area contributed by atoms with Crippen molar-refractivity contribution in [2.75, 3.05) is 37.2 Å². The molecule has 0 aromatic heterocycles. The van der Waals surface area contributed by atoms with Gasteiger partial charge in [-0.05, 0) is 38.2 Å². The van der Waals surface area contributed by atoms with Crippen molar-refractivity contribution in [2.45, 2.75) is 20.8 Å². The summed E-state index contributed by atoms with van der Waals surface area (Å²) in [6.07, 6.45) is 1.06. The summed E-state index contributed by atoms with van der Waals surface area (Å²) in [4.78, 5) is 13.9. The number of anilines is 1. The summed E-state index contributed by atoms with van der Waals surface area (Å²) in [5, 5.41) is 0. The molecule has 0 aliphatic rings. The molecule has 0 saturated carbocycles. The smallest absolute Gasteiger partial charge is 0.229 e. The lowest BCUT2D eigenvalue weighted by molar-refractivity contribution is 0.101. The number of rotatable bonds is 9. The van der Waals surface area contributed by atoms with Crippen molar-refractivity contribution in [1.29, 1.82) is 0 Å². The SMILES string of the molecule is CCN(CC)CCOc1ccc(NS(C)(=O)=O)cc1C(C)=O. The molecule has 0 radical (unpaired) electrons. The van der Waals surface area contributed by atoms with Gasteiger partial charge in [0.2, 0.25) is 10.0 Å². The Morgan fingerprint density at radius 3 is 2.41 bits per heavy atom. The van der Waals surface area contributed by atoms with E-state index in [9.17, 15) is 13.2 Å². The van der Waals surface area contributed by atoms with Gasteiger partial charge in [0, 0.05) is 12.2 Å². The van der Waals surface area contributed by atoms with Crippen LogP contribution in [0.25, 0.3) is 0 Å². The number of nitrogens with zero attached hydrogens (tertiary/aromatic N) is 1. The van der Waals surface area contributed by atoms with Gasteiger partial charge < -0.3 is 9.64 Å². The molecule has 1 N–H and O–H groups in total. The van der Waals surface area contributed by atoms with E-state index in [2.05, 4.69) is 23.5 Å². The molecule has 0 amide bonds. The van der Waals surface area contributed by atoms with Crippen molar-refractivity contribution < 1.29 is 17.9 Å². The zero-order valence-corrected chi connectivity index (χ0v) is 14.4. The van der Waals surface area contributed by atoms with E-state index in [4.69, 9.17) is 4.74 Å². The van der Waals surface area contributed by atoms with Gasteiger partial charge in [0.05, 0.1) is 11.8 Å². The molecule has 22 heavy (non-hydrogen) atoms. The molecule has 1 rings (SSSR count). The van der Waals surface area contributed by atoms with Crippen LogP contribution >= 0.6 is 0 Å². The summed E-state index contributed by atoms with van der Waals surface area (Å²) < 4.78 is 30.5. The van der Waals surface area contributed by atoms with E-state index in [1.54, 1.807) is 12.1 Å². The van der Waals surface area contributed by atoms with Gasteiger partial charge in [-0.3, -0.25) is 9.52 Å². The molecule has 0 spiro atoms. The third kappa shape index (κ3) is 6.03. The highest BCUT2D eigenvalue weighted by molar-refractivity contribution is 7.92. The molecule has 0 heterocycles. The Hall–Kier alpha value is -1.60. The van der Waals surface area contributed by atoms with Crippen molar-refractivity contribution in [1.82, 2.24) is 4.90 Å². The zero-order chi connectivity index (χ0) is 16.8. The predicted octanol–water partition coefficient (Wildman–Crippen LogP) is 1.98. The van der Waals surface area contributed by atoms with Gasteiger partial charge in [0.15, 0.2) is 5.78 Å². The first-order valence-electron chi connectivity index (χ1n) is 7.24. The van der Waals surface area contributed by atoms with E-state index >= 15 is 0 Å². The average molecular weight is 328 g/mol. The molecule has 0 aliphatic heterocycles. The average Bonchev–Trinajstić information content (AvgIpc) is 2.43. The molecule has 1 aromatic carbocycles. The molecule has 0 bridgehead atoms. The Labute approximate surface area is 132 Å². The number of hydrogen-bond donors (Lipinski definition) is 1. The monoisotopic (exact) mass is 328 g/mol. The number of nitrogens with one attached hydrogen (secondary N) is 1. The number of carbonyl (C=O) groups is 1. The predicted molar refractivity (Wildman–Crippen MR) is 88.2 cm³/mol. The molecule has 6 nitrogen and oxygen atoms in total. The standard InChI is InChI=1S/C15H24N2O4S/c1-5-17(6-2)9-10-21-15-8-7-13(16-22(4,19)20)11-14(15)12(3)18/h7-8,11,16H,5-6,9-10H2,1-4H3. The summed E-state index contributed by atoms with van der Waals surface area (Å²) in [6, 6.07) is 4.70. The summed E-state index contributed by atoms with van der Waals surface area (Å²) in [5.41, 5.74) is 0.719. The van der Waals surface area contributed by atoms with Gasteiger partial charge in [-0.2, -0.15) is 0 Å². The Morgan fingerprint density at radius 1 is 1.27 bits per heavy atom. The van der Waals surface area contributed by atoms with Crippen LogP contribution in [0.2, 0.25) is 0 Å². The Balaban J connectivity index is 2.84. The van der Waals surface area contributed by atoms with Crippen molar-refractivity contribution in [3.8, 4) is 5.75 Å². The lowest BCUT2D eigenvalue weighted by atomic mass is 10.1. The quantitative estimate of drug-likeness (QED) is 0.702. The number of sulfonamides is 1. The normalized spacial score (nSPS) is 11.5. The molecule has 124 valence electrons. The fourth-order valence-electron chi connectivity index (χ4n) is 2.03. The van der Waals surface area contributed by atoms with E-state index in [1.807, 2.05) is 0 Å². The number of Topliss-reactive ketones (excluding diaryl/α,β-unsaturated/α-hetero) is 1. The van der Waals surface area contributed by atoms with Crippen LogP contribution in [0.3, 0.4) is 0 Å². The fraction of sp³-hybridized carbons (Fsp3) is 0.533. The minimum atomic E-state index is -3.38. The van der Waals surface area contributed by atoms with Gasteiger partial charge in [-0.1, -0.05) is 13.8 Å². The van der Waals surface area contributed by atoms with Gasteiger partial charge in [-0.25, -0.2) is 8.42 Å². The Morgan fingerprint density at radius 2 is 1.91 bits per heavy atom. The molecule has 1 aromatic rings. The second kappa shape index (κ2) is 8.14. The second-order valence-electron chi connectivity index (χ2n) is 5.02. The highest BCUT2D eigenvalue weighted by Gasteiger charge is 2.12. The number of hydrogen-bond acceptors (Lipinski definition) is 5. The first kappa shape index (κ1) is 18.4. The van der Waals surface area contributed by atoms with Gasteiger partial charge in [0.25, 0.3) is 0 Å². The Kier molecular flexibility index (Phi) is 6.83. The minimum absolute atomic E-state index is 0.171. The van der Waals surface area contributed by atoms with E-state index in [1.165, 1.54) is 13.0 Å². The van der Waals surface area contributed by atoms with Crippen molar-refractivity contribution in [2.24, 2.45) is 0 Å². The van der Waals surface area contributed by atoms with Crippen LogP contribution in [0.4, 0.5) is 5.69 Å². The lowest BCUT2D eigenvalue weighted by Crippen LogP contribution is -2.28. The van der Waals surface area contributed by atoms with Crippen LogP contribution in [0.15, 0.2) is 18.2 Å². The van der Waals surface area contributed by atoms with Crippen molar-refractivity contribution in [3.63, 3.8) is 0 Å². The van der Waals surface area contributed by atoms with Crippen LogP contribution in [0.1, 0.15) is 31.1 Å². The maximum absolute atomic E-state index is 11.7. The van der Waals surface area contributed by atoms with E-state index < -0.39 is 10.0 Å². The topological polar surface area (TPSA) is 75.7 Å². The molecule has 0 fully saturated rings. The van der Waals surface area contributed by atoms with Crippen molar-refractivity contribution >= 4 is 21.5 Å². The first-order chi connectivity index (χ1) is 10.3. The number of benzene rings is 1. The number of ether oxygens (including phenoxy) is 1. The maximum atomic E-state index is 11.7. The highest BCUT2D eigenvalue weighted by Crippen LogP contribution is 2.24. The minimum Gasteiger partial charge on any atom is -0.491 e. The molecule has 0 atom stereocenters. The summed E-state index contributed by atoms with van der Waals surface area (Å²) in [5.74, 6) is 0.300. The highest BCUT2D eigenvalue weighted by atomic mass is 32.2. The second-order valence-corrected chi connectivity index (χ2v) is 6.77.